The summed E-state index contributed by atoms with van der Waals surface area (Å²) in [5, 5.41) is 10.5. The molecule has 0 saturated heterocycles. The second-order valence-electron chi connectivity index (χ2n) is 12.9. The predicted octanol–water partition coefficient (Wildman–Crippen LogP) is 13.5. The lowest BCUT2D eigenvalue weighted by atomic mass is 9.97. The van der Waals surface area contributed by atoms with Crippen LogP contribution in [-0.4, -0.2) is 4.40 Å². The summed E-state index contributed by atoms with van der Waals surface area (Å²) in [6, 6.07) is 62.0. The average molecular weight is 641 g/mol. The van der Waals surface area contributed by atoms with Gasteiger partial charge >= 0.3 is 0 Å². The Kier molecular flexibility index (Phi) is 5.57. The fraction of sp³-hybridized carbons (Fsp3) is 0. The zero-order chi connectivity index (χ0) is 32.1. The fourth-order valence-electron chi connectivity index (χ4n) is 8.21. The molecule has 11 aromatic rings. The molecule has 0 radical (unpaired) electrons. The zero-order valence-corrected chi connectivity index (χ0v) is 27.3. The van der Waals surface area contributed by atoms with Crippen molar-refractivity contribution in [1.82, 2.24) is 4.40 Å². The maximum Gasteiger partial charge on any atom is 0.0734 e. The molecule has 0 N–H and O–H groups in total. The van der Waals surface area contributed by atoms with Crippen LogP contribution in [-0.2, 0) is 0 Å². The molecule has 0 fully saturated rings. The number of nitrogens with zero attached hydrogens (tertiary/aromatic N) is 2. The minimum absolute atomic E-state index is 1.13. The van der Waals surface area contributed by atoms with Crippen LogP contribution in [0.15, 0.2) is 170 Å². The molecule has 0 bridgehead atoms. The lowest BCUT2D eigenvalue weighted by Gasteiger charge is -2.26. The van der Waals surface area contributed by atoms with Crippen LogP contribution >= 0.6 is 11.3 Å². The Labute approximate surface area is 286 Å². The van der Waals surface area contributed by atoms with Crippen molar-refractivity contribution in [2.75, 3.05) is 4.90 Å². The number of fused-ring (bicyclic) bond motifs is 12. The number of aromatic nitrogens is 1. The summed E-state index contributed by atoms with van der Waals surface area (Å²) in [5.74, 6) is 0. The van der Waals surface area contributed by atoms with Crippen molar-refractivity contribution in [3.05, 3.63) is 170 Å². The summed E-state index contributed by atoms with van der Waals surface area (Å²) in [4.78, 5) is 2.35. The van der Waals surface area contributed by atoms with Gasteiger partial charge in [-0.15, -0.1) is 11.3 Å². The number of benzene rings is 8. The normalized spacial score (nSPS) is 12.1. The van der Waals surface area contributed by atoms with E-state index >= 15 is 0 Å². The first-order valence-electron chi connectivity index (χ1n) is 16.8. The summed E-state index contributed by atoms with van der Waals surface area (Å²) in [6.45, 7) is 0. The minimum Gasteiger partial charge on any atom is -0.310 e. The van der Waals surface area contributed by atoms with E-state index in [-0.39, 0.29) is 0 Å². The van der Waals surface area contributed by atoms with Gasteiger partial charge in [-0.05, 0) is 81.7 Å². The lowest BCUT2D eigenvalue weighted by Crippen LogP contribution is -2.09. The first-order valence-corrected chi connectivity index (χ1v) is 17.6. The van der Waals surface area contributed by atoms with Gasteiger partial charge < -0.3 is 9.30 Å². The molecular weight excluding hydrogens is 613 g/mol. The molecule has 8 aromatic carbocycles. The second-order valence-corrected chi connectivity index (χ2v) is 13.9. The third-order valence-corrected chi connectivity index (χ3v) is 11.5. The van der Waals surface area contributed by atoms with Crippen LogP contribution in [0, 0.1) is 0 Å². The van der Waals surface area contributed by atoms with E-state index in [4.69, 9.17) is 0 Å². The molecule has 0 spiro atoms. The molecule has 11 rings (SSSR count). The molecule has 228 valence electrons. The summed E-state index contributed by atoms with van der Waals surface area (Å²) >= 11 is 1.95. The number of thiophene rings is 1. The molecule has 0 aliphatic rings. The molecule has 0 atom stereocenters. The van der Waals surface area contributed by atoms with Gasteiger partial charge in [-0.3, -0.25) is 0 Å². The standard InChI is InChI=1S/C46H28N2S/c1-3-17-32(18-4-1)47(33-19-5-2-6-20-33)34-21-13-16-29(26-34)38-27-30-14-8-10-23-36(30)42-44-46(49-45(38)42)39-28-31-15-7-9-22-35(31)41-37-24-11-12-25-40(37)48(44)43(39)41/h1-28H. The quantitative estimate of drug-likeness (QED) is 0.186. The SMILES string of the molecule is c1ccc(N(c2ccccc2)c2cccc(-c3cc4ccccc4c4c3sc3c5cc6ccccc6c6c7ccccc7n(c56)c34)c2)cc1. The van der Waals surface area contributed by atoms with Crippen LogP contribution < -0.4 is 4.90 Å². The molecule has 0 amide bonds. The van der Waals surface area contributed by atoms with Crippen molar-refractivity contribution in [3.63, 3.8) is 0 Å². The Bertz CT molecular complexity index is 3000. The summed E-state index contributed by atoms with van der Waals surface area (Å²) in [7, 11) is 0. The molecule has 0 aliphatic carbocycles. The first-order chi connectivity index (χ1) is 24.3. The van der Waals surface area contributed by atoms with E-state index in [1.165, 1.54) is 80.2 Å². The van der Waals surface area contributed by atoms with Crippen LogP contribution in [0.5, 0.6) is 0 Å². The number of para-hydroxylation sites is 3. The van der Waals surface area contributed by atoms with E-state index in [9.17, 15) is 0 Å². The summed E-state index contributed by atoms with van der Waals surface area (Å²) < 4.78 is 5.26. The van der Waals surface area contributed by atoms with Crippen LogP contribution in [0.2, 0.25) is 0 Å². The Balaban J connectivity index is 1.26. The predicted molar refractivity (Wildman–Crippen MR) is 212 cm³/mol. The van der Waals surface area contributed by atoms with E-state index in [1.54, 1.807) is 0 Å². The van der Waals surface area contributed by atoms with Gasteiger partial charge in [0.05, 0.1) is 21.3 Å². The highest BCUT2D eigenvalue weighted by Gasteiger charge is 2.25. The van der Waals surface area contributed by atoms with Crippen molar-refractivity contribution in [2.45, 2.75) is 0 Å². The molecule has 2 nitrogen and oxygen atoms in total. The van der Waals surface area contributed by atoms with E-state index < -0.39 is 0 Å². The van der Waals surface area contributed by atoms with Crippen molar-refractivity contribution in [3.8, 4) is 11.1 Å². The van der Waals surface area contributed by atoms with Crippen LogP contribution in [0.1, 0.15) is 0 Å². The van der Waals surface area contributed by atoms with Crippen molar-refractivity contribution in [2.24, 2.45) is 0 Å². The van der Waals surface area contributed by atoms with Crippen molar-refractivity contribution < 1.29 is 0 Å². The third kappa shape index (κ3) is 3.76. The van der Waals surface area contributed by atoms with E-state index in [0.29, 0.717) is 0 Å². The first kappa shape index (κ1) is 26.9. The topological polar surface area (TPSA) is 7.65 Å². The van der Waals surface area contributed by atoms with Crippen LogP contribution in [0.4, 0.5) is 17.1 Å². The molecular formula is C46H28N2S. The molecule has 49 heavy (non-hydrogen) atoms. The number of hydrogen-bond acceptors (Lipinski definition) is 2. The average Bonchev–Trinajstić information content (AvgIpc) is 3.82. The summed E-state index contributed by atoms with van der Waals surface area (Å²) in [6.07, 6.45) is 0. The molecule has 3 heterocycles. The number of rotatable bonds is 4. The molecule has 0 saturated carbocycles. The highest BCUT2D eigenvalue weighted by molar-refractivity contribution is 7.27. The number of anilines is 3. The van der Waals surface area contributed by atoms with Crippen molar-refractivity contribution in [1.29, 1.82) is 0 Å². The highest BCUT2D eigenvalue weighted by Crippen LogP contribution is 2.51. The van der Waals surface area contributed by atoms with Crippen molar-refractivity contribution >= 4 is 97.4 Å². The smallest absolute Gasteiger partial charge is 0.0734 e. The molecule has 3 aromatic heterocycles. The fourth-order valence-corrected chi connectivity index (χ4v) is 9.56. The van der Waals surface area contributed by atoms with Crippen LogP contribution in [0.3, 0.4) is 0 Å². The maximum absolute atomic E-state index is 2.57. The van der Waals surface area contributed by atoms with E-state index in [0.717, 1.165) is 17.1 Å². The van der Waals surface area contributed by atoms with Gasteiger partial charge in [0.1, 0.15) is 0 Å². The van der Waals surface area contributed by atoms with E-state index in [1.807, 2.05) is 11.3 Å². The second kappa shape index (κ2) is 10.2. The van der Waals surface area contributed by atoms with Gasteiger partial charge in [0, 0.05) is 48.9 Å². The molecule has 0 aliphatic heterocycles. The Morgan fingerprint density at radius 2 is 1.00 bits per heavy atom. The monoisotopic (exact) mass is 640 g/mol. The van der Waals surface area contributed by atoms with E-state index in [2.05, 4.69) is 179 Å². The van der Waals surface area contributed by atoms with Gasteiger partial charge in [0.2, 0.25) is 0 Å². The third-order valence-electron chi connectivity index (χ3n) is 10.2. The maximum atomic E-state index is 2.57. The molecule has 3 heteroatoms. The highest BCUT2D eigenvalue weighted by atomic mass is 32.1. The van der Waals surface area contributed by atoms with Gasteiger partial charge in [-0.1, -0.05) is 115 Å². The van der Waals surface area contributed by atoms with Gasteiger partial charge in [-0.2, -0.15) is 0 Å². The largest absolute Gasteiger partial charge is 0.310 e. The Hall–Kier alpha value is -6.16. The van der Waals surface area contributed by atoms with Gasteiger partial charge in [-0.25, -0.2) is 0 Å². The zero-order valence-electron chi connectivity index (χ0n) is 26.5. The molecule has 0 unspecified atom stereocenters. The summed E-state index contributed by atoms with van der Waals surface area (Å²) in [5.41, 5.74) is 9.81. The Morgan fingerprint density at radius 1 is 0.408 bits per heavy atom. The number of hydrogen-bond donors (Lipinski definition) is 0. The van der Waals surface area contributed by atoms with Crippen LogP contribution in [0.25, 0.3) is 80.2 Å². The van der Waals surface area contributed by atoms with Gasteiger partial charge in [0.15, 0.2) is 0 Å². The lowest BCUT2D eigenvalue weighted by molar-refractivity contribution is 1.28. The van der Waals surface area contributed by atoms with Gasteiger partial charge in [0.25, 0.3) is 0 Å². The minimum atomic E-state index is 1.13. The Morgan fingerprint density at radius 3 is 1.73 bits per heavy atom.